The predicted octanol–water partition coefficient (Wildman–Crippen LogP) is 0.591. The highest BCUT2D eigenvalue weighted by Gasteiger charge is 2.13. The molecule has 0 aliphatic heterocycles. The van der Waals surface area contributed by atoms with Gasteiger partial charge in [-0.2, -0.15) is 0 Å². The molecule has 18 heavy (non-hydrogen) atoms. The Morgan fingerprint density at radius 3 is 2.67 bits per heavy atom. The van der Waals surface area contributed by atoms with E-state index in [1.165, 1.54) is 18.2 Å². The third-order valence-electron chi connectivity index (χ3n) is 2.46. The molecule has 0 fully saturated rings. The van der Waals surface area contributed by atoms with Crippen LogP contribution in [-0.4, -0.2) is 38.3 Å². The normalized spacial score (nSPS) is 13.1. The molecule has 1 amide bonds. The van der Waals surface area contributed by atoms with E-state index in [0.717, 1.165) is 6.26 Å². The van der Waals surface area contributed by atoms with Crippen LogP contribution in [0.25, 0.3) is 0 Å². The van der Waals surface area contributed by atoms with Crippen molar-refractivity contribution in [2.24, 2.45) is 0 Å². The van der Waals surface area contributed by atoms with Gasteiger partial charge in [-0.1, -0.05) is 6.07 Å². The fourth-order valence-corrected chi connectivity index (χ4v) is 2.11. The Morgan fingerprint density at radius 1 is 1.44 bits per heavy atom. The average molecular weight is 271 g/mol. The molecule has 1 rings (SSSR count). The lowest BCUT2D eigenvalue weighted by Crippen LogP contribution is -2.33. The number of amides is 1. The molecule has 1 unspecified atom stereocenters. The number of sulfone groups is 1. The fourth-order valence-electron chi connectivity index (χ4n) is 1.44. The van der Waals surface area contributed by atoms with Crippen LogP contribution in [0.4, 0.5) is 0 Å². The van der Waals surface area contributed by atoms with E-state index in [9.17, 15) is 13.2 Å². The maximum absolute atomic E-state index is 11.8. The van der Waals surface area contributed by atoms with Crippen molar-refractivity contribution in [3.05, 3.63) is 29.8 Å². The molecule has 0 radical (unpaired) electrons. The van der Waals surface area contributed by atoms with Gasteiger partial charge < -0.3 is 10.4 Å². The van der Waals surface area contributed by atoms with Crippen molar-refractivity contribution in [2.45, 2.75) is 24.3 Å². The van der Waals surface area contributed by atoms with Crippen LogP contribution in [0.2, 0.25) is 0 Å². The van der Waals surface area contributed by atoms with Crippen LogP contribution >= 0.6 is 0 Å². The van der Waals surface area contributed by atoms with Gasteiger partial charge in [-0.25, -0.2) is 8.42 Å². The quantitative estimate of drug-likeness (QED) is 0.821. The van der Waals surface area contributed by atoms with Gasteiger partial charge in [0, 0.05) is 24.5 Å². The predicted molar refractivity (Wildman–Crippen MR) is 68.2 cm³/mol. The van der Waals surface area contributed by atoms with Gasteiger partial charge in [0.05, 0.1) is 4.90 Å². The zero-order chi connectivity index (χ0) is 13.8. The Labute approximate surface area is 107 Å². The second kappa shape index (κ2) is 5.97. The van der Waals surface area contributed by atoms with Crippen molar-refractivity contribution in [1.29, 1.82) is 0 Å². The molecule has 0 aromatic heterocycles. The summed E-state index contributed by atoms with van der Waals surface area (Å²) in [5.74, 6) is -0.346. The number of aliphatic hydroxyl groups is 1. The highest BCUT2D eigenvalue weighted by atomic mass is 32.2. The minimum Gasteiger partial charge on any atom is -0.396 e. The Kier molecular flexibility index (Phi) is 4.86. The molecule has 1 aromatic rings. The highest BCUT2D eigenvalue weighted by Crippen LogP contribution is 2.11. The summed E-state index contributed by atoms with van der Waals surface area (Å²) < 4.78 is 22.7. The van der Waals surface area contributed by atoms with Crippen LogP contribution in [0.1, 0.15) is 23.7 Å². The summed E-state index contributed by atoms with van der Waals surface area (Å²) in [5.41, 5.74) is 0.294. The van der Waals surface area contributed by atoms with Crippen LogP contribution in [0.15, 0.2) is 29.2 Å². The first-order valence-electron chi connectivity index (χ1n) is 5.56. The first kappa shape index (κ1) is 14.7. The lowest BCUT2D eigenvalue weighted by Gasteiger charge is -2.12. The van der Waals surface area contributed by atoms with Crippen molar-refractivity contribution in [3.8, 4) is 0 Å². The molecule has 0 heterocycles. The van der Waals surface area contributed by atoms with Crippen molar-refractivity contribution in [1.82, 2.24) is 5.32 Å². The number of benzene rings is 1. The molecular weight excluding hydrogens is 254 g/mol. The molecule has 1 atom stereocenters. The third-order valence-corrected chi connectivity index (χ3v) is 3.57. The zero-order valence-corrected chi connectivity index (χ0v) is 11.2. The number of hydrogen-bond donors (Lipinski definition) is 2. The fraction of sp³-hybridized carbons (Fsp3) is 0.417. The summed E-state index contributed by atoms with van der Waals surface area (Å²) in [6.45, 7) is 1.76. The second-order valence-corrected chi connectivity index (χ2v) is 6.20. The summed E-state index contributed by atoms with van der Waals surface area (Å²) in [5, 5.41) is 11.4. The molecule has 0 saturated heterocycles. The van der Waals surface area contributed by atoms with Gasteiger partial charge in [0.25, 0.3) is 5.91 Å². The van der Waals surface area contributed by atoms with Gasteiger partial charge in [-0.05, 0) is 31.5 Å². The molecule has 0 aliphatic carbocycles. The Bertz CT molecular complexity index is 525. The molecule has 5 nitrogen and oxygen atoms in total. The molecular formula is C12H17NO4S. The van der Waals surface area contributed by atoms with Crippen molar-refractivity contribution >= 4 is 15.7 Å². The molecule has 6 heteroatoms. The number of carbonyl (C=O) groups is 1. The first-order chi connectivity index (χ1) is 8.34. The molecule has 0 saturated carbocycles. The monoisotopic (exact) mass is 271 g/mol. The molecule has 0 bridgehead atoms. The van der Waals surface area contributed by atoms with E-state index in [-0.39, 0.29) is 23.5 Å². The average Bonchev–Trinajstić information content (AvgIpc) is 2.28. The maximum atomic E-state index is 11.8. The van der Waals surface area contributed by atoms with E-state index in [0.29, 0.717) is 12.0 Å². The van der Waals surface area contributed by atoms with Gasteiger partial charge >= 0.3 is 0 Å². The largest absolute Gasteiger partial charge is 0.396 e. The van der Waals surface area contributed by atoms with Crippen molar-refractivity contribution in [3.63, 3.8) is 0 Å². The van der Waals surface area contributed by atoms with Crippen molar-refractivity contribution in [2.75, 3.05) is 12.9 Å². The van der Waals surface area contributed by atoms with E-state index < -0.39 is 9.84 Å². The van der Waals surface area contributed by atoms with Gasteiger partial charge in [-0.15, -0.1) is 0 Å². The smallest absolute Gasteiger partial charge is 0.251 e. The highest BCUT2D eigenvalue weighted by molar-refractivity contribution is 7.90. The summed E-state index contributed by atoms with van der Waals surface area (Å²) >= 11 is 0. The first-order valence-corrected chi connectivity index (χ1v) is 7.45. The number of aliphatic hydroxyl groups excluding tert-OH is 1. The Balaban J connectivity index is 2.87. The van der Waals surface area contributed by atoms with E-state index in [2.05, 4.69) is 5.32 Å². The SMILES string of the molecule is CC(CCO)NC(=O)c1cccc(S(C)(=O)=O)c1. The second-order valence-electron chi connectivity index (χ2n) is 4.19. The molecule has 1 aromatic carbocycles. The number of rotatable bonds is 5. The van der Waals surface area contributed by atoms with E-state index in [1.807, 2.05) is 0 Å². The molecule has 0 spiro atoms. The summed E-state index contributed by atoms with van der Waals surface area (Å²) in [6.07, 6.45) is 1.55. The van der Waals surface area contributed by atoms with E-state index in [4.69, 9.17) is 5.11 Å². The van der Waals surface area contributed by atoms with Crippen LogP contribution in [0, 0.1) is 0 Å². The summed E-state index contributed by atoms with van der Waals surface area (Å²) in [7, 11) is -3.32. The molecule has 0 aliphatic rings. The number of carbonyl (C=O) groups excluding carboxylic acids is 1. The van der Waals surface area contributed by atoms with Crippen LogP contribution in [0.3, 0.4) is 0 Å². The standard InChI is InChI=1S/C12H17NO4S/c1-9(6-7-14)13-12(15)10-4-3-5-11(8-10)18(2,16)17/h3-5,8-9,14H,6-7H2,1-2H3,(H,13,15). The van der Waals surface area contributed by atoms with Crippen LogP contribution in [0.5, 0.6) is 0 Å². The number of nitrogens with one attached hydrogen (secondary N) is 1. The van der Waals surface area contributed by atoms with Gasteiger partial charge in [-0.3, -0.25) is 4.79 Å². The minimum absolute atomic E-state index is 0.00910. The van der Waals surface area contributed by atoms with Crippen molar-refractivity contribution < 1.29 is 18.3 Å². The van der Waals surface area contributed by atoms with E-state index in [1.54, 1.807) is 13.0 Å². The Hall–Kier alpha value is -1.40. The van der Waals surface area contributed by atoms with E-state index >= 15 is 0 Å². The topological polar surface area (TPSA) is 83.5 Å². The number of hydrogen-bond acceptors (Lipinski definition) is 4. The Morgan fingerprint density at radius 2 is 2.11 bits per heavy atom. The lowest BCUT2D eigenvalue weighted by atomic mass is 10.2. The maximum Gasteiger partial charge on any atom is 0.251 e. The molecule has 2 N–H and O–H groups in total. The third kappa shape index (κ3) is 4.12. The minimum atomic E-state index is -3.32. The molecule has 100 valence electrons. The van der Waals surface area contributed by atoms with Gasteiger partial charge in [0.1, 0.15) is 0 Å². The van der Waals surface area contributed by atoms with Crippen LogP contribution < -0.4 is 5.32 Å². The van der Waals surface area contributed by atoms with Gasteiger partial charge in [0.2, 0.25) is 0 Å². The van der Waals surface area contributed by atoms with Crippen LogP contribution in [-0.2, 0) is 9.84 Å². The van der Waals surface area contributed by atoms with Gasteiger partial charge in [0.15, 0.2) is 9.84 Å². The zero-order valence-electron chi connectivity index (χ0n) is 10.4. The lowest BCUT2D eigenvalue weighted by molar-refractivity contribution is 0.0934. The summed E-state index contributed by atoms with van der Waals surface area (Å²) in [4.78, 5) is 11.9. The summed E-state index contributed by atoms with van der Waals surface area (Å²) in [6, 6.07) is 5.71.